The molecule has 0 aliphatic rings. The first-order valence-corrected chi connectivity index (χ1v) is 9.44. The second kappa shape index (κ2) is 10.2. The molecular weight excluding hydrogens is 396 g/mol. The highest BCUT2D eigenvalue weighted by Gasteiger charge is 2.14. The molecule has 6 heteroatoms. The molecule has 2 aromatic carbocycles. The molecule has 0 aromatic heterocycles. The molecular formula is C20H26BrN2O3+. The predicted molar refractivity (Wildman–Crippen MR) is 107 cm³/mol. The van der Waals surface area contributed by atoms with Crippen LogP contribution in [-0.2, 0) is 11.3 Å². The smallest absolute Gasteiger partial charge is 0.262 e. The van der Waals surface area contributed by atoms with E-state index in [1.54, 1.807) is 7.11 Å². The molecule has 0 fully saturated rings. The van der Waals surface area contributed by atoms with Crippen molar-refractivity contribution < 1.29 is 19.6 Å². The van der Waals surface area contributed by atoms with E-state index in [0.717, 1.165) is 28.8 Å². The number of amides is 1. The molecule has 1 amide bonds. The summed E-state index contributed by atoms with van der Waals surface area (Å²) in [7, 11) is 1.60. The number of carbonyl (C=O) groups excluding carboxylic acids is 1. The van der Waals surface area contributed by atoms with E-state index in [1.807, 2.05) is 42.5 Å². The maximum absolute atomic E-state index is 12.1. The van der Waals surface area contributed by atoms with Crippen LogP contribution >= 0.6 is 15.9 Å². The van der Waals surface area contributed by atoms with Crippen LogP contribution in [0.25, 0.3) is 0 Å². The fraction of sp³-hybridized carbons (Fsp3) is 0.350. The fourth-order valence-corrected chi connectivity index (χ4v) is 3.07. The number of para-hydroxylation sites is 1. The first-order valence-electron chi connectivity index (χ1n) is 8.65. The van der Waals surface area contributed by atoms with Gasteiger partial charge in [0.2, 0.25) is 0 Å². The number of methoxy groups -OCH3 is 1. The van der Waals surface area contributed by atoms with Crippen LogP contribution in [0.2, 0.25) is 0 Å². The Morgan fingerprint density at radius 3 is 2.62 bits per heavy atom. The van der Waals surface area contributed by atoms with E-state index in [2.05, 4.69) is 40.4 Å². The number of benzene rings is 2. The van der Waals surface area contributed by atoms with Gasteiger partial charge in [0.15, 0.2) is 18.1 Å². The number of rotatable bonds is 9. The van der Waals surface area contributed by atoms with Crippen molar-refractivity contribution in [2.45, 2.75) is 20.4 Å². The molecule has 0 saturated carbocycles. The Morgan fingerprint density at radius 2 is 1.96 bits per heavy atom. The molecule has 2 rings (SSSR count). The number of nitrogens with two attached hydrogens (primary N) is 1. The predicted octanol–water partition coefficient (Wildman–Crippen LogP) is 3.19. The van der Waals surface area contributed by atoms with Crippen molar-refractivity contribution in [3.8, 4) is 11.5 Å². The van der Waals surface area contributed by atoms with E-state index < -0.39 is 0 Å². The highest BCUT2D eigenvalue weighted by atomic mass is 79.9. The Balaban J connectivity index is 1.98. The molecule has 2 aromatic rings. The molecule has 0 saturated heterocycles. The van der Waals surface area contributed by atoms with Crippen molar-refractivity contribution in [1.29, 1.82) is 0 Å². The summed E-state index contributed by atoms with van der Waals surface area (Å²) in [4.78, 5) is 12.1. The van der Waals surface area contributed by atoms with Gasteiger partial charge in [-0.05, 0) is 40.2 Å². The minimum Gasteiger partial charge on any atom is -0.493 e. The van der Waals surface area contributed by atoms with Gasteiger partial charge in [0.1, 0.15) is 6.54 Å². The average molecular weight is 422 g/mol. The van der Waals surface area contributed by atoms with Crippen LogP contribution in [0.5, 0.6) is 11.5 Å². The minimum absolute atomic E-state index is 0.0946. The van der Waals surface area contributed by atoms with Gasteiger partial charge in [-0.1, -0.05) is 32.0 Å². The number of anilines is 1. The highest BCUT2D eigenvalue weighted by molar-refractivity contribution is 9.10. The molecule has 0 spiro atoms. The van der Waals surface area contributed by atoms with Crippen molar-refractivity contribution in [3.63, 3.8) is 0 Å². The average Bonchev–Trinajstić information content (AvgIpc) is 2.61. The second-order valence-electron chi connectivity index (χ2n) is 6.43. The van der Waals surface area contributed by atoms with Gasteiger partial charge in [-0.15, -0.1) is 0 Å². The molecule has 0 aliphatic heterocycles. The van der Waals surface area contributed by atoms with Crippen LogP contribution in [0, 0.1) is 5.92 Å². The summed E-state index contributed by atoms with van der Waals surface area (Å²) < 4.78 is 11.9. The van der Waals surface area contributed by atoms with Gasteiger partial charge < -0.3 is 20.1 Å². The Labute approximate surface area is 163 Å². The number of hydrogen-bond donors (Lipinski definition) is 2. The molecule has 0 atom stereocenters. The van der Waals surface area contributed by atoms with Crippen molar-refractivity contribution in [2.24, 2.45) is 5.92 Å². The van der Waals surface area contributed by atoms with Crippen LogP contribution in [0.15, 0.2) is 46.9 Å². The minimum atomic E-state index is -0.223. The van der Waals surface area contributed by atoms with Crippen molar-refractivity contribution >= 4 is 27.5 Å². The van der Waals surface area contributed by atoms with E-state index in [-0.39, 0.29) is 12.5 Å². The third-order valence-electron chi connectivity index (χ3n) is 3.71. The van der Waals surface area contributed by atoms with Gasteiger partial charge in [-0.3, -0.25) is 4.79 Å². The van der Waals surface area contributed by atoms with Crippen LogP contribution in [-0.4, -0.2) is 26.2 Å². The van der Waals surface area contributed by atoms with Crippen molar-refractivity contribution in [1.82, 2.24) is 0 Å². The number of ether oxygens (including phenoxy) is 2. The number of halogens is 1. The summed E-state index contributed by atoms with van der Waals surface area (Å²) in [6.07, 6.45) is 0. The summed E-state index contributed by atoms with van der Waals surface area (Å²) in [5.74, 6) is 1.56. The molecule has 26 heavy (non-hydrogen) atoms. The summed E-state index contributed by atoms with van der Waals surface area (Å²) in [5, 5.41) is 5.06. The van der Waals surface area contributed by atoms with Crippen molar-refractivity contribution in [2.75, 3.05) is 25.6 Å². The molecule has 3 N–H and O–H groups in total. The number of nitrogens with one attached hydrogen (secondary N) is 1. The lowest BCUT2D eigenvalue weighted by Gasteiger charge is -2.14. The standard InChI is InChI=1S/C20H25BrN2O3/c1-14(2)11-22-12-15-9-17(21)20(18(10-15)25-3)26-13-19(24)23-16-7-5-4-6-8-16/h4-10,14,22H,11-13H2,1-3H3,(H,23,24)/p+1. The summed E-state index contributed by atoms with van der Waals surface area (Å²) in [6, 6.07) is 13.2. The summed E-state index contributed by atoms with van der Waals surface area (Å²) in [5.41, 5.74) is 1.87. The lowest BCUT2D eigenvalue weighted by atomic mass is 10.2. The monoisotopic (exact) mass is 421 g/mol. The molecule has 140 valence electrons. The lowest BCUT2D eigenvalue weighted by Crippen LogP contribution is -2.83. The van der Waals surface area contributed by atoms with Crippen LogP contribution < -0.4 is 20.1 Å². The van der Waals surface area contributed by atoms with E-state index in [4.69, 9.17) is 9.47 Å². The maximum Gasteiger partial charge on any atom is 0.262 e. The van der Waals surface area contributed by atoms with Crippen LogP contribution in [0.4, 0.5) is 5.69 Å². The van der Waals surface area contributed by atoms with Gasteiger partial charge in [0.05, 0.1) is 18.1 Å². The quantitative estimate of drug-likeness (QED) is 0.653. The van der Waals surface area contributed by atoms with Gasteiger partial charge in [-0.2, -0.15) is 0 Å². The van der Waals surface area contributed by atoms with Gasteiger partial charge >= 0.3 is 0 Å². The Kier molecular flexibility index (Phi) is 7.94. The van der Waals surface area contributed by atoms with Gasteiger partial charge in [-0.25, -0.2) is 0 Å². The third-order valence-corrected chi connectivity index (χ3v) is 4.30. The molecule has 0 unspecified atom stereocenters. The van der Waals surface area contributed by atoms with Crippen LogP contribution in [0.3, 0.4) is 0 Å². The van der Waals surface area contributed by atoms with Gasteiger partial charge in [0.25, 0.3) is 5.91 Å². The molecule has 5 nitrogen and oxygen atoms in total. The van der Waals surface area contributed by atoms with Gasteiger partial charge in [0, 0.05) is 17.2 Å². The number of quaternary nitrogens is 1. The Hall–Kier alpha value is -2.05. The molecule has 0 aliphatic carbocycles. The summed E-state index contributed by atoms with van der Waals surface area (Å²) in [6.45, 7) is 6.23. The summed E-state index contributed by atoms with van der Waals surface area (Å²) >= 11 is 3.53. The van der Waals surface area contributed by atoms with E-state index in [9.17, 15) is 4.79 Å². The topological polar surface area (TPSA) is 64.2 Å². The Bertz CT molecular complexity index is 720. The Morgan fingerprint density at radius 1 is 1.23 bits per heavy atom. The highest BCUT2D eigenvalue weighted by Crippen LogP contribution is 2.36. The zero-order valence-corrected chi connectivity index (χ0v) is 17.0. The third kappa shape index (κ3) is 6.35. The van der Waals surface area contributed by atoms with Crippen molar-refractivity contribution in [3.05, 3.63) is 52.5 Å². The molecule has 0 radical (unpaired) electrons. The van der Waals surface area contributed by atoms with E-state index in [1.165, 1.54) is 0 Å². The first-order chi connectivity index (χ1) is 12.5. The zero-order valence-electron chi connectivity index (χ0n) is 15.4. The van der Waals surface area contributed by atoms with E-state index in [0.29, 0.717) is 17.4 Å². The molecule has 0 bridgehead atoms. The van der Waals surface area contributed by atoms with E-state index >= 15 is 0 Å². The lowest BCUT2D eigenvalue weighted by molar-refractivity contribution is -0.675. The largest absolute Gasteiger partial charge is 0.493 e. The normalized spacial score (nSPS) is 10.7. The maximum atomic E-state index is 12.1. The zero-order chi connectivity index (χ0) is 18.9. The first kappa shape index (κ1) is 20.3. The molecule has 0 heterocycles. The second-order valence-corrected chi connectivity index (χ2v) is 7.29. The number of carbonyl (C=O) groups is 1. The fourth-order valence-electron chi connectivity index (χ4n) is 2.47. The number of hydrogen-bond acceptors (Lipinski definition) is 3. The SMILES string of the molecule is COc1cc(C[NH2+]CC(C)C)cc(Br)c1OCC(=O)Nc1ccccc1. The van der Waals surface area contributed by atoms with Crippen LogP contribution in [0.1, 0.15) is 19.4 Å².